The molecule has 1 aromatic rings. The summed E-state index contributed by atoms with van der Waals surface area (Å²) in [6.45, 7) is 2.90. The number of nitrogen functional groups attached to an aromatic ring is 1. The van der Waals surface area contributed by atoms with Gasteiger partial charge in [0.25, 0.3) is 0 Å². The summed E-state index contributed by atoms with van der Waals surface area (Å²) >= 11 is 6.02. The smallest absolute Gasteiger partial charge is 0.351 e. The highest BCUT2D eigenvalue weighted by Crippen LogP contribution is 2.42. The lowest BCUT2D eigenvalue weighted by atomic mass is 9.98. The second-order valence-electron chi connectivity index (χ2n) is 7.21. The van der Waals surface area contributed by atoms with Crippen LogP contribution in [-0.4, -0.2) is 51.8 Å². The Balaban J connectivity index is 2.59. The van der Waals surface area contributed by atoms with Crippen LogP contribution >= 0.6 is 11.6 Å². The molecule has 4 atom stereocenters. The normalized spacial score (nSPS) is 28.2. The molecule has 0 radical (unpaired) electrons. The Bertz CT molecular complexity index is 899. The fourth-order valence-electron chi connectivity index (χ4n) is 2.48. The van der Waals surface area contributed by atoms with Crippen LogP contribution in [0.3, 0.4) is 0 Å². The molecule has 0 aliphatic carbocycles. The maximum absolute atomic E-state index is 15.6. The number of carbonyl (C=O) groups excluding carboxylic acids is 2. The van der Waals surface area contributed by atoms with Crippen LogP contribution in [0.5, 0.6) is 0 Å². The molecule has 0 unspecified atom stereocenters. The summed E-state index contributed by atoms with van der Waals surface area (Å²) in [4.78, 5) is 40.1. The Morgan fingerprint density at radius 3 is 2.55 bits per heavy atom. The number of rotatable bonds is 7. The zero-order valence-electron chi connectivity index (χ0n) is 18.4. The van der Waals surface area contributed by atoms with Crippen molar-refractivity contribution in [3.63, 3.8) is 0 Å². The van der Waals surface area contributed by atoms with Gasteiger partial charge in [-0.25, -0.2) is 9.18 Å². The zero-order chi connectivity index (χ0) is 23.7. The molecule has 1 aliphatic heterocycles. The molecule has 11 heteroatoms. The number of ether oxygens (including phenoxy) is 3. The van der Waals surface area contributed by atoms with Crippen molar-refractivity contribution >= 4 is 29.4 Å². The average Bonchev–Trinajstić information content (AvgIpc) is 2.95. The van der Waals surface area contributed by atoms with Gasteiger partial charge in [-0.05, 0) is 6.07 Å². The van der Waals surface area contributed by atoms with Gasteiger partial charge in [-0.15, -0.1) is 11.6 Å². The van der Waals surface area contributed by atoms with Crippen LogP contribution in [-0.2, 0) is 23.8 Å². The molecule has 1 aromatic heterocycles. The first kappa shape index (κ1) is 20.1. The van der Waals surface area contributed by atoms with Gasteiger partial charge in [-0.2, -0.15) is 4.98 Å². The van der Waals surface area contributed by atoms with E-state index < -0.39 is 66.0 Å². The first-order chi connectivity index (χ1) is 14.3. The third-order valence-electron chi connectivity index (χ3n) is 4.19. The van der Waals surface area contributed by atoms with Crippen molar-refractivity contribution in [1.29, 1.82) is 0 Å². The van der Waals surface area contributed by atoms with Gasteiger partial charge in [0.15, 0.2) is 24.1 Å². The van der Waals surface area contributed by atoms with Crippen molar-refractivity contribution in [2.75, 3.05) is 18.2 Å². The topological polar surface area (TPSA) is 123 Å². The van der Waals surface area contributed by atoms with E-state index in [-0.39, 0.29) is 5.82 Å². The number of aromatic nitrogens is 2. The van der Waals surface area contributed by atoms with Crippen LogP contribution in [0.25, 0.3) is 0 Å². The van der Waals surface area contributed by atoms with Crippen molar-refractivity contribution in [2.24, 2.45) is 11.8 Å². The quantitative estimate of drug-likeness (QED) is 0.504. The summed E-state index contributed by atoms with van der Waals surface area (Å²) in [7, 11) is 0. The van der Waals surface area contributed by atoms with Crippen LogP contribution < -0.4 is 11.4 Å². The number of halogens is 2. The molecule has 0 aromatic carbocycles. The summed E-state index contributed by atoms with van der Waals surface area (Å²) in [6.07, 6.45) is -4.87. The minimum atomic E-state index is -3.03. The van der Waals surface area contributed by atoms with E-state index in [1.165, 1.54) is 33.8 Å². The maximum Gasteiger partial charge on any atom is 0.351 e. The summed E-state index contributed by atoms with van der Waals surface area (Å²) in [5, 5.41) is 0. The van der Waals surface area contributed by atoms with Gasteiger partial charge in [-0.1, -0.05) is 27.7 Å². The van der Waals surface area contributed by atoms with E-state index in [0.29, 0.717) is 0 Å². The Morgan fingerprint density at radius 1 is 1.41 bits per heavy atom. The molecule has 9 nitrogen and oxygen atoms in total. The van der Waals surface area contributed by atoms with Gasteiger partial charge < -0.3 is 19.9 Å². The summed E-state index contributed by atoms with van der Waals surface area (Å²) in [5.41, 5.74) is 2.01. The van der Waals surface area contributed by atoms with Crippen molar-refractivity contribution in [2.45, 2.75) is 51.8 Å². The first-order valence-corrected chi connectivity index (χ1v) is 9.46. The highest BCUT2D eigenvalue weighted by atomic mass is 35.5. The Hall–Kier alpha value is -2.20. The number of nitrogens with two attached hydrogens (primary N) is 1. The Morgan fingerprint density at radius 2 is 2.03 bits per heavy atom. The van der Waals surface area contributed by atoms with Crippen LogP contribution in [0.1, 0.15) is 36.7 Å². The number of carbonyl (C=O) groups is 2. The standard InChI is InChI=1S/C18H25ClFN3O6/c1-9(2)15(24)27-8-18(7-19)13(28-16(25)10(3)4)12(20)14(29-18)23-6-5-11(21)22-17(23)26/h5-6,9-10,12-14H,7-8H2,1-4H3,(H2,21,22,26)/t12-,13+,14-,18-/m1/s1/i8D2. The maximum atomic E-state index is 15.6. The van der Waals surface area contributed by atoms with Crippen molar-refractivity contribution in [3.8, 4) is 0 Å². The SMILES string of the molecule is [2H]C([2H])(OC(=O)C(C)C)[C@@]1(CCl)O[C@@H](n2ccc(N)nc2=O)[C@H](F)[C@@H]1OC(=O)C(C)C. The number of esters is 2. The zero-order valence-corrected chi connectivity index (χ0v) is 17.2. The Kier molecular flexibility index (Phi) is 6.29. The van der Waals surface area contributed by atoms with Crippen LogP contribution in [0.2, 0.25) is 0 Å². The van der Waals surface area contributed by atoms with E-state index in [2.05, 4.69) is 4.98 Å². The van der Waals surface area contributed by atoms with Gasteiger partial charge in [0, 0.05) is 6.20 Å². The number of anilines is 1. The number of hydrogen-bond donors (Lipinski definition) is 1. The number of hydrogen-bond acceptors (Lipinski definition) is 8. The monoisotopic (exact) mass is 435 g/mol. The highest BCUT2D eigenvalue weighted by Gasteiger charge is 2.59. The van der Waals surface area contributed by atoms with Gasteiger partial charge in [-0.3, -0.25) is 14.2 Å². The van der Waals surface area contributed by atoms with Crippen LogP contribution in [0, 0.1) is 11.8 Å². The number of alkyl halides is 2. The van der Waals surface area contributed by atoms with Crippen LogP contribution in [0.4, 0.5) is 10.2 Å². The molecule has 2 N–H and O–H groups in total. The van der Waals surface area contributed by atoms with Gasteiger partial charge in [0.2, 0.25) is 0 Å². The molecule has 0 bridgehead atoms. The fourth-order valence-corrected chi connectivity index (χ4v) is 2.75. The van der Waals surface area contributed by atoms with E-state index in [1.54, 1.807) is 0 Å². The molecule has 29 heavy (non-hydrogen) atoms. The predicted octanol–water partition coefficient (Wildman–Crippen LogP) is 1.44. The Labute approximate surface area is 175 Å². The van der Waals surface area contributed by atoms with E-state index in [1.807, 2.05) is 0 Å². The fraction of sp³-hybridized carbons (Fsp3) is 0.667. The minimum Gasteiger partial charge on any atom is -0.462 e. The largest absolute Gasteiger partial charge is 0.462 e. The predicted molar refractivity (Wildman–Crippen MR) is 102 cm³/mol. The van der Waals surface area contributed by atoms with E-state index >= 15 is 4.39 Å². The number of nitrogens with zero attached hydrogens (tertiary/aromatic N) is 2. The molecule has 162 valence electrons. The molecule has 2 heterocycles. The average molecular weight is 436 g/mol. The minimum absolute atomic E-state index is 0.123. The molecular formula is C18H25ClFN3O6. The lowest BCUT2D eigenvalue weighted by Crippen LogP contribution is -2.51. The molecule has 0 amide bonds. The van der Waals surface area contributed by atoms with E-state index in [9.17, 15) is 14.4 Å². The lowest BCUT2D eigenvalue weighted by Gasteiger charge is -2.32. The molecular weight excluding hydrogens is 409 g/mol. The molecule has 1 saturated heterocycles. The molecule has 1 fully saturated rings. The summed E-state index contributed by atoms with van der Waals surface area (Å²) in [5.74, 6) is -4.11. The molecule has 1 aliphatic rings. The second kappa shape index (κ2) is 9.08. The third kappa shape index (κ3) is 4.87. The molecule has 0 spiro atoms. The summed E-state index contributed by atoms with van der Waals surface area (Å²) < 4.78 is 48.7. The third-order valence-corrected chi connectivity index (χ3v) is 4.58. The lowest BCUT2D eigenvalue weighted by molar-refractivity contribution is -0.177. The molecule has 0 saturated carbocycles. The van der Waals surface area contributed by atoms with E-state index in [0.717, 1.165) is 10.8 Å². The molecule has 2 rings (SSSR count). The first-order valence-electron chi connectivity index (χ1n) is 9.93. The van der Waals surface area contributed by atoms with Gasteiger partial charge in [0.1, 0.15) is 12.4 Å². The van der Waals surface area contributed by atoms with Gasteiger partial charge in [0.05, 0.1) is 20.5 Å². The van der Waals surface area contributed by atoms with Crippen molar-refractivity contribution in [3.05, 3.63) is 22.7 Å². The van der Waals surface area contributed by atoms with Crippen molar-refractivity contribution in [1.82, 2.24) is 9.55 Å². The highest BCUT2D eigenvalue weighted by molar-refractivity contribution is 6.18. The second-order valence-corrected chi connectivity index (χ2v) is 7.48. The van der Waals surface area contributed by atoms with E-state index in [4.69, 9.17) is 34.3 Å². The van der Waals surface area contributed by atoms with Gasteiger partial charge >= 0.3 is 17.6 Å². The van der Waals surface area contributed by atoms with Crippen molar-refractivity contribution < 1.29 is 30.9 Å². The van der Waals surface area contributed by atoms with Crippen LogP contribution in [0.15, 0.2) is 17.1 Å². The summed E-state index contributed by atoms with van der Waals surface area (Å²) in [6, 6.07) is 1.21.